The minimum absolute atomic E-state index is 0.0987. The molecule has 0 spiro atoms. The summed E-state index contributed by atoms with van der Waals surface area (Å²) in [7, 11) is 0. The quantitative estimate of drug-likeness (QED) is 0.607. The van der Waals surface area contributed by atoms with Crippen LogP contribution in [0.3, 0.4) is 0 Å². The Hall–Kier alpha value is -2.98. The second-order valence-electron chi connectivity index (χ2n) is 7.15. The van der Waals surface area contributed by atoms with Gasteiger partial charge in [0.15, 0.2) is 0 Å². The Bertz CT molecular complexity index is 1060. The third-order valence-electron chi connectivity index (χ3n) is 5.08. The Balaban J connectivity index is 2.39. The van der Waals surface area contributed by atoms with Crippen LogP contribution in [0.1, 0.15) is 32.4 Å². The van der Waals surface area contributed by atoms with Gasteiger partial charge < -0.3 is 9.84 Å². The summed E-state index contributed by atoms with van der Waals surface area (Å²) in [6, 6.07) is 3.45. The standard InChI is InChI=1S/C17H16ClN3O7/c1-16(2)17(3,23)14(11-7-10(20(24)25)4-5-13(11)28-16)19-8-9(18)6-12(15(19)22)21(26)27/h4-8,14,23H,1-3H3. The largest absolute Gasteiger partial charge is 0.484 e. The van der Waals surface area contributed by atoms with E-state index in [9.17, 15) is 30.1 Å². The van der Waals surface area contributed by atoms with Gasteiger partial charge in [-0.3, -0.25) is 29.6 Å². The van der Waals surface area contributed by atoms with Crippen molar-refractivity contribution in [1.82, 2.24) is 4.57 Å². The molecule has 28 heavy (non-hydrogen) atoms. The average Bonchev–Trinajstić information content (AvgIpc) is 2.57. The van der Waals surface area contributed by atoms with Crippen molar-refractivity contribution in [2.45, 2.75) is 38.0 Å². The molecule has 2 aromatic rings. The molecule has 2 atom stereocenters. The molecule has 1 aromatic heterocycles. The predicted octanol–water partition coefficient (Wildman–Crippen LogP) is 2.83. The third-order valence-corrected chi connectivity index (χ3v) is 5.29. The highest BCUT2D eigenvalue weighted by molar-refractivity contribution is 6.30. The molecule has 0 saturated carbocycles. The van der Waals surface area contributed by atoms with Gasteiger partial charge in [0.25, 0.3) is 5.69 Å². The number of nitrogens with zero attached hydrogens (tertiary/aromatic N) is 3. The van der Waals surface area contributed by atoms with Crippen molar-refractivity contribution in [3.63, 3.8) is 0 Å². The number of hydrogen-bond donors (Lipinski definition) is 1. The number of hydrogen-bond acceptors (Lipinski definition) is 7. The maximum atomic E-state index is 12.8. The normalized spacial score (nSPS) is 22.8. The van der Waals surface area contributed by atoms with E-state index in [1.165, 1.54) is 25.1 Å². The van der Waals surface area contributed by atoms with E-state index >= 15 is 0 Å². The fourth-order valence-corrected chi connectivity index (χ4v) is 3.47. The van der Waals surface area contributed by atoms with Gasteiger partial charge in [-0.15, -0.1) is 0 Å². The lowest BCUT2D eigenvalue weighted by atomic mass is 9.75. The van der Waals surface area contributed by atoms with Crippen LogP contribution in [0.25, 0.3) is 0 Å². The maximum Gasteiger partial charge on any atom is 0.335 e. The van der Waals surface area contributed by atoms with E-state index in [0.29, 0.717) is 0 Å². The third kappa shape index (κ3) is 2.90. The molecule has 11 heteroatoms. The van der Waals surface area contributed by atoms with Gasteiger partial charge in [-0.1, -0.05) is 11.6 Å². The molecule has 1 aliphatic rings. The average molecular weight is 410 g/mol. The molecule has 0 radical (unpaired) electrons. The van der Waals surface area contributed by atoms with Gasteiger partial charge in [0, 0.05) is 30.0 Å². The van der Waals surface area contributed by atoms with E-state index in [2.05, 4.69) is 0 Å². The summed E-state index contributed by atoms with van der Waals surface area (Å²) in [6.45, 7) is 4.54. The van der Waals surface area contributed by atoms with E-state index in [4.69, 9.17) is 16.3 Å². The Morgan fingerprint density at radius 1 is 1.18 bits per heavy atom. The fraction of sp³-hybridized carbons (Fsp3) is 0.353. The molecule has 1 N–H and O–H groups in total. The van der Waals surface area contributed by atoms with Crippen LogP contribution in [0.5, 0.6) is 5.75 Å². The lowest BCUT2D eigenvalue weighted by Crippen LogP contribution is -2.60. The van der Waals surface area contributed by atoms with Crippen LogP contribution in [-0.4, -0.2) is 30.7 Å². The van der Waals surface area contributed by atoms with Gasteiger partial charge in [-0.05, 0) is 26.8 Å². The first-order valence-corrected chi connectivity index (χ1v) is 8.50. The summed E-state index contributed by atoms with van der Waals surface area (Å²) < 4.78 is 6.74. The van der Waals surface area contributed by atoms with Crippen molar-refractivity contribution < 1.29 is 19.7 Å². The van der Waals surface area contributed by atoms with Crippen LogP contribution < -0.4 is 10.3 Å². The maximum absolute atomic E-state index is 12.8. The number of benzene rings is 1. The molecular formula is C17H16ClN3O7. The van der Waals surface area contributed by atoms with Crippen LogP contribution >= 0.6 is 11.6 Å². The van der Waals surface area contributed by atoms with Crippen LogP contribution in [0.15, 0.2) is 35.3 Å². The number of nitro benzene ring substituents is 1. The molecule has 3 rings (SSSR count). The smallest absolute Gasteiger partial charge is 0.335 e. The van der Waals surface area contributed by atoms with E-state index < -0.39 is 38.3 Å². The van der Waals surface area contributed by atoms with Gasteiger partial charge in [0.1, 0.15) is 17.0 Å². The highest BCUT2D eigenvalue weighted by Crippen LogP contribution is 2.48. The molecular weight excluding hydrogens is 394 g/mol. The molecule has 10 nitrogen and oxygen atoms in total. The molecule has 1 aliphatic heterocycles. The van der Waals surface area contributed by atoms with Crippen molar-refractivity contribution in [1.29, 1.82) is 0 Å². The van der Waals surface area contributed by atoms with Crippen LogP contribution in [0, 0.1) is 20.2 Å². The summed E-state index contributed by atoms with van der Waals surface area (Å²) in [4.78, 5) is 33.7. The summed E-state index contributed by atoms with van der Waals surface area (Å²) >= 11 is 5.97. The van der Waals surface area contributed by atoms with Gasteiger partial charge in [-0.25, -0.2) is 0 Å². The molecule has 0 saturated heterocycles. The summed E-state index contributed by atoms with van der Waals surface area (Å²) in [6.07, 6.45) is 1.15. The summed E-state index contributed by atoms with van der Waals surface area (Å²) in [5, 5.41) is 33.6. The molecule has 0 amide bonds. The molecule has 0 aliphatic carbocycles. The van der Waals surface area contributed by atoms with Gasteiger partial charge in [-0.2, -0.15) is 0 Å². The number of aliphatic hydroxyl groups is 1. The van der Waals surface area contributed by atoms with Crippen molar-refractivity contribution in [2.24, 2.45) is 0 Å². The first-order chi connectivity index (χ1) is 12.9. The first-order valence-electron chi connectivity index (χ1n) is 8.12. The number of aromatic nitrogens is 1. The Kier molecular flexibility index (Phi) is 4.43. The molecule has 0 bridgehead atoms. The summed E-state index contributed by atoms with van der Waals surface area (Å²) in [5.74, 6) is 0.210. The SMILES string of the molecule is CC1(C)Oc2ccc([N+](=O)[O-])cc2C(n2cc(Cl)cc([N+](=O)[O-])c2=O)C1(C)O. The summed E-state index contributed by atoms with van der Waals surface area (Å²) in [5.41, 5.74) is -4.95. The zero-order valence-electron chi connectivity index (χ0n) is 15.1. The van der Waals surface area contributed by atoms with Crippen molar-refractivity contribution >= 4 is 23.0 Å². The lowest BCUT2D eigenvalue weighted by Gasteiger charge is -2.49. The monoisotopic (exact) mass is 409 g/mol. The van der Waals surface area contributed by atoms with E-state index in [0.717, 1.165) is 16.8 Å². The van der Waals surface area contributed by atoms with Crippen LogP contribution in [0.4, 0.5) is 11.4 Å². The first kappa shape index (κ1) is 19.8. The second-order valence-corrected chi connectivity index (χ2v) is 7.59. The Morgan fingerprint density at radius 3 is 2.39 bits per heavy atom. The van der Waals surface area contributed by atoms with E-state index in [1.807, 2.05) is 0 Å². The molecule has 2 unspecified atom stereocenters. The number of fused-ring (bicyclic) bond motifs is 1. The van der Waals surface area contributed by atoms with Crippen molar-refractivity contribution in [3.05, 3.63) is 71.6 Å². The van der Waals surface area contributed by atoms with Gasteiger partial charge in [0.2, 0.25) is 0 Å². The predicted molar refractivity (Wildman–Crippen MR) is 98.9 cm³/mol. The van der Waals surface area contributed by atoms with Gasteiger partial charge >= 0.3 is 11.2 Å². The number of nitro groups is 2. The Morgan fingerprint density at radius 2 is 1.82 bits per heavy atom. The topological polar surface area (TPSA) is 138 Å². The van der Waals surface area contributed by atoms with Crippen LogP contribution in [-0.2, 0) is 0 Å². The van der Waals surface area contributed by atoms with E-state index in [1.54, 1.807) is 13.8 Å². The number of pyridine rings is 1. The molecule has 0 fully saturated rings. The fourth-order valence-electron chi connectivity index (χ4n) is 3.26. The van der Waals surface area contributed by atoms with Crippen LogP contribution in [0.2, 0.25) is 5.02 Å². The van der Waals surface area contributed by atoms with Gasteiger partial charge in [0.05, 0.1) is 20.9 Å². The number of halogens is 1. The lowest BCUT2D eigenvalue weighted by molar-refractivity contribution is -0.386. The highest BCUT2D eigenvalue weighted by Gasteiger charge is 2.54. The minimum atomic E-state index is -1.78. The number of non-ortho nitro benzene ring substituents is 1. The molecule has 2 heterocycles. The molecule has 148 valence electrons. The van der Waals surface area contributed by atoms with Crippen molar-refractivity contribution in [3.8, 4) is 5.75 Å². The minimum Gasteiger partial charge on any atom is -0.484 e. The number of ether oxygens (including phenoxy) is 1. The zero-order chi connectivity index (χ0) is 21.0. The zero-order valence-corrected chi connectivity index (χ0v) is 15.8. The Labute approximate surface area is 163 Å². The second kappa shape index (κ2) is 6.28. The highest BCUT2D eigenvalue weighted by atomic mass is 35.5. The van der Waals surface area contributed by atoms with Crippen molar-refractivity contribution in [2.75, 3.05) is 0 Å². The molecule has 1 aromatic carbocycles. The number of rotatable bonds is 3. The van der Waals surface area contributed by atoms with E-state index in [-0.39, 0.29) is 22.0 Å².